The van der Waals surface area contributed by atoms with Crippen molar-refractivity contribution in [2.24, 2.45) is 11.3 Å². The van der Waals surface area contributed by atoms with Gasteiger partial charge in [-0.05, 0) is 32.1 Å². The third kappa shape index (κ3) is 8.46. The maximum absolute atomic E-state index is 12.8. The van der Waals surface area contributed by atoms with Crippen LogP contribution in [0.2, 0.25) is 0 Å². The van der Waals surface area contributed by atoms with Crippen molar-refractivity contribution in [3.8, 4) is 0 Å². The number of amides is 1. The Balaban J connectivity index is 2.42. The van der Waals surface area contributed by atoms with Crippen molar-refractivity contribution < 1.29 is 85.1 Å². The molecular formula is C26H45NO17. The lowest BCUT2D eigenvalue weighted by molar-refractivity contribution is -0.324. The minimum Gasteiger partial charge on any atom is -0.481 e. The zero-order valence-corrected chi connectivity index (χ0v) is 24.0. The van der Waals surface area contributed by atoms with E-state index in [0.717, 1.165) is 6.92 Å². The molecule has 15 atom stereocenters. The maximum atomic E-state index is 12.8. The number of nitrogens with one attached hydrogen (secondary N) is 1. The second kappa shape index (κ2) is 16.6. The van der Waals surface area contributed by atoms with Crippen molar-refractivity contribution >= 4 is 18.2 Å². The summed E-state index contributed by atoms with van der Waals surface area (Å²) in [5, 5.41) is 125. The number of carboxylic acids is 1. The number of rotatable bonds is 16. The van der Waals surface area contributed by atoms with Crippen LogP contribution in [0.15, 0.2) is 0 Å². The minimum atomic E-state index is -2.10. The zero-order chi connectivity index (χ0) is 33.5. The predicted molar refractivity (Wildman–Crippen MR) is 142 cm³/mol. The Kier molecular flexibility index (Phi) is 14.4. The molecule has 1 heterocycles. The van der Waals surface area contributed by atoms with E-state index in [-0.39, 0.29) is 19.1 Å². The zero-order valence-electron chi connectivity index (χ0n) is 24.0. The van der Waals surface area contributed by atoms with Crippen molar-refractivity contribution in [1.29, 1.82) is 0 Å². The summed E-state index contributed by atoms with van der Waals surface area (Å²) >= 11 is 0. The molecule has 0 aromatic rings. The Morgan fingerprint density at radius 2 is 1.66 bits per heavy atom. The van der Waals surface area contributed by atoms with Crippen LogP contribution in [0.4, 0.5) is 0 Å². The van der Waals surface area contributed by atoms with E-state index in [1.165, 1.54) is 0 Å². The standard InChI is InChI=1S/C26H45NO17/c1-10(31)27-17-11(32)2-5-26(25(41)42,16(17)18(36)13(34)8-29)6-3-15-20(38)21(39)22(40)24(43-15)44-23(12(33)4-7-28)19(37)14(35)9-30/h9,11-24,28-29,32-40H,2-8H2,1H3,(H,27,31)(H,41,42)/t11-,12+,13+,14-,15+,16+,17+,18+,19+,20-,21-,22+,23?,24-,26+/m0/s1. The normalized spacial score (nSPS) is 36.8. The monoisotopic (exact) mass is 643 g/mol. The molecule has 0 bridgehead atoms. The summed E-state index contributed by atoms with van der Waals surface area (Å²) in [6.45, 7) is -0.519. The lowest BCUT2D eigenvalue weighted by atomic mass is 9.58. The second-order valence-electron chi connectivity index (χ2n) is 11.4. The van der Waals surface area contributed by atoms with E-state index in [2.05, 4.69) is 5.32 Å². The van der Waals surface area contributed by atoms with Gasteiger partial charge >= 0.3 is 5.97 Å². The number of hydrogen-bond acceptors (Lipinski definition) is 16. The van der Waals surface area contributed by atoms with Crippen molar-refractivity contribution in [3.63, 3.8) is 0 Å². The van der Waals surface area contributed by atoms with Crippen LogP contribution in [-0.2, 0) is 23.9 Å². The van der Waals surface area contributed by atoms with E-state index < -0.39 is 135 Å². The van der Waals surface area contributed by atoms with Crippen molar-refractivity contribution in [3.05, 3.63) is 0 Å². The molecule has 2 aliphatic rings. The van der Waals surface area contributed by atoms with E-state index in [1.807, 2.05) is 0 Å². The molecule has 1 aliphatic heterocycles. The number of hydrogen-bond donors (Lipinski definition) is 13. The summed E-state index contributed by atoms with van der Waals surface area (Å²) in [5.74, 6) is -3.80. The van der Waals surface area contributed by atoms with Crippen LogP contribution < -0.4 is 5.32 Å². The molecule has 1 saturated heterocycles. The summed E-state index contributed by atoms with van der Waals surface area (Å²) in [4.78, 5) is 35.8. The molecule has 18 heteroatoms. The summed E-state index contributed by atoms with van der Waals surface area (Å²) in [6.07, 6.45) is -24.2. The molecule has 0 radical (unpaired) electrons. The molecule has 1 unspecified atom stereocenters. The van der Waals surface area contributed by atoms with Gasteiger partial charge in [0.15, 0.2) is 12.6 Å². The van der Waals surface area contributed by atoms with Gasteiger partial charge < -0.3 is 80.9 Å². The van der Waals surface area contributed by atoms with Crippen LogP contribution in [0, 0.1) is 11.3 Å². The molecule has 18 nitrogen and oxygen atoms in total. The van der Waals surface area contributed by atoms with Gasteiger partial charge in [-0.25, -0.2) is 0 Å². The first-order valence-electron chi connectivity index (χ1n) is 14.2. The number of aliphatic hydroxyl groups is 11. The van der Waals surface area contributed by atoms with Gasteiger partial charge in [-0.2, -0.15) is 0 Å². The van der Waals surface area contributed by atoms with Crippen LogP contribution in [-0.4, -0.2) is 172 Å². The van der Waals surface area contributed by atoms with Gasteiger partial charge in [-0.3, -0.25) is 9.59 Å². The Morgan fingerprint density at radius 1 is 1.02 bits per heavy atom. The average molecular weight is 644 g/mol. The van der Waals surface area contributed by atoms with E-state index in [9.17, 15) is 75.7 Å². The molecule has 2 fully saturated rings. The first kappa shape index (κ1) is 38.3. The summed E-state index contributed by atoms with van der Waals surface area (Å²) in [6, 6.07) is -1.39. The molecular weight excluding hydrogens is 598 g/mol. The highest BCUT2D eigenvalue weighted by Gasteiger charge is 2.58. The Hall–Kier alpha value is -1.91. The molecule has 1 amide bonds. The molecule has 256 valence electrons. The predicted octanol–water partition coefficient (Wildman–Crippen LogP) is -6.32. The first-order valence-corrected chi connectivity index (χ1v) is 14.2. The minimum absolute atomic E-state index is 0.0640. The molecule has 0 aromatic carbocycles. The van der Waals surface area contributed by atoms with Crippen LogP contribution in [0.3, 0.4) is 0 Å². The summed E-state index contributed by atoms with van der Waals surface area (Å²) in [7, 11) is 0. The van der Waals surface area contributed by atoms with Gasteiger partial charge in [0.25, 0.3) is 0 Å². The van der Waals surface area contributed by atoms with Gasteiger partial charge in [0, 0.05) is 19.4 Å². The third-order valence-corrected chi connectivity index (χ3v) is 8.54. The highest BCUT2D eigenvalue weighted by Crippen LogP contribution is 2.48. The van der Waals surface area contributed by atoms with Crippen LogP contribution in [0.1, 0.15) is 39.0 Å². The molecule has 0 spiro atoms. The Morgan fingerprint density at radius 3 is 2.18 bits per heavy atom. The number of aliphatic hydroxyl groups excluding tert-OH is 11. The van der Waals surface area contributed by atoms with Gasteiger partial charge in [0.05, 0.1) is 42.5 Å². The van der Waals surface area contributed by atoms with E-state index >= 15 is 0 Å². The number of carbonyl (C=O) groups excluding carboxylic acids is 2. The fourth-order valence-corrected chi connectivity index (χ4v) is 6.08. The summed E-state index contributed by atoms with van der Waals surface area (Å²) < 4.78 is 11.0. The van der Waals surface area contributed by atoms with Gasteiger partial charge in [0.2, 0.25) is 5.91 Å². The topological polar surface area (TPSA) is 324 Å². The van der Waals surface area contributed by atoms with E-state index in [0.29, 0.717) is 0 Å². The van der Waals surface area contributed by atoms with Crippen molar-refractivity contribution in [2.45, 2.75) is 119 Å². The number of ether oxygens (including phenoxy) is 2. The van der Waals surface area contributed by atoms with E-state index in [1.54, 1.807) is 0 Å². The highest BCUT2D eigenvalue weighted by molar-refractivity contribution is 5.77. The second-order valence-corrected chi connectivity index (χ2v) is 11.4. The van der Waals surface area contributed by atoms with E-state index in [4.69, 9.17) is 9.47 Å². The Labute approximate surface area is 252 Å². The van der Waals surface area contributed by atoms with Gasteiger partial charge in [-0.1, -0.05) is 0 Å². The third-order valence-electron chi connectivity index (χ3n) is 8.54. The SMILES string of the molecule is CC(=O)N[C@H]1[C@H]([C@H](O)[C@H](O)CO)[C@@](CC[C@H]2O[C@@H](OC([C@H](O)CCO)[C@H](O)[C@@H](O)C=O)[C@H](O)[C@@H](O)[C@H]2O)(C(=O)O)CC[C@@H]1O. The van der Waals surface area contributed by atoms with Gasteiger partial charge in [-0.15, -0.1) is 0 Å². The van der Waals surface area contributed by atoms with Crippen molar-refractivity contribution in [2.75, 3.05) is 13.2 Å². The van der Waals surface area contributed by atoms with Gasteiger partial charge in [0.1, 0.15) is 42.7 Å². The maximum Gasteiger partial charge on any atom is 0.310 e. The molecule has 2 rings (SSSR count). The first-order chi connectivity index (χ1) is 20.6. The lowest BCUT2D eigenvalue weighted by Gasteiger charge is -2.51. The quantitative estimate of drug-likeness (QED) is 0.0695. The molecule has 1 aliphatic carbocycles. The smallest absolute Gasteiger partial charge is 0.310 e. The number of carbonyl (C=O) groups is 3. The van der Waals surface area contributed by atoms with Crippen LogP contribution in [0.25, 0.3) is 0 Å². The number of aliphatic carboxylic acids is 1. The van der Waals surface area contributed by atoms with Crippen LogP contribution >= 0.6 is 0 Å². The van der Waals surface area contributed by atoms with Crippen molar-refractivity contribution in [1.82, 2.24) is 5.32 Å². The lowest BCUT2D eigenvalue weighted by Crippen LogP contribution is -2.65. The fourth-order valence-electron chi connectivity index (χ4n) is 6.08. The summed E-state index contributed by atoms with van der Waals surface area (Å²) in [5.41, 5.74) is -2.02. The number of carboxylic acid groups (broad SMARTS) is 1. The largest absolute Gasteiger partial charge is 0.481 e. The Bertz CT molecular complexity index is 942. The highest BCUT2D eigenvalue weighted by atomic mass is 16.7. The molecule has 1 saturated carbocycles. The molecule has 0 aromatic heterocycles. The van der Waals surface area contributed by atoms with Crippen LogP contribution in [0.5, 0.6) is 0 Å². The number of aldehydes is 1. The molecule has 13 N–H and O–H groups in total. The fraction of sp³-hybridized carbons (Fsp3) is 0.885. The average Bonchev–Trinajstić information content (AvgIpc) is 2.98. The molecule has 44 heavy (non-hydrogen) atoms.